The van der Waals surface area contributed by atoms with Crippen LogP contribution in [0.2, 0.25) is 0 Å². The number of nitrogens with zero attached hydrogens (tertiary/aromatic N) is 1. The average Bonchev–Trinajstić information content (AvgIpc) is 2.24. The number of amides is 1. The summed E-state index contributed by atoms with van der Waals surface area (Å²) in [5, 5.41) is 0. The maximum Gasteiger partial charge on any atom is 0.225 e. The van der Waals surface area contributed by atoms with Gasteiger partial charge in [-0.3, -0.25) is 4.79 Å². The Morgan fingerprint density at radius 2 is 1.71 bits per heavy atom. The van der Waals surface area contributed by atoms with Crippen LogP contribution in [0, 0.1) is 5.92 Å². The van der Waals surface area contributed by atoms with Crippen molar-refractivity contribution in [1.82, 2.24) is 4.90 Å². The predicted octanol–water partition coefficient (Wildman–Crippen LogP) is 3.82. The number of hydrogen-bond donors (Lipinski definition) is 0. The Labute approximate surface area is 111 Å². The van der Waals surface area contributed by atoms with Crippen molar-refractivity contribution in [2.75, 3.05) is 12.4 Å². The SMILES string of the molecule is CC(C)N(CCCl)C(=O)C1CCCCCCC1. The van der Waals surface area contributed by atoms with Gasteiger partial charge >= 0.3 is 0 Å². The summed E-state index contributed by atoms with van der Waals surface area (Å²) in [5.41, 5.74) is 0. The predicted molar refractivity (Wildman–Crippen MR) is 73.4 cm³/mol. The van der Waals surface area contributed by atoms with Crippen LogP contribution in [0.25, 0.3) is 0 Å². The zero-order valence-corrected chi connectivity index (χ0v) is 12.0. The maximum absolute atomic E-state index is 12.5. The van der Waals surface area contributed by atoms with Gasteiger partial charge in [0.1, 0.15) is 0 Å². The van der Waals surface area contributed by atoms with Crippen molar-refractivity contribution in [2.24, 2.45) is 5.92 Å². The third-order valence-electron chi connectivity index (χ3n) is 3.69. The van der Waals surface area contributed by atoms with Crippen molar-refractivity contribution in [2.45, 2.75) is 64.8 Å². The summed E-state index contributed by atoms with van der Waals surface area (Å²) in [5.74, 6) is 1.12. The van der Waals surface area contributed by atoms with E-state index in [0.29, 0.717) is 18.3 Å². The van der Waals surface area contributed by atoms with E-state index in [1.165, 1.54) is 32.1 Å². The minimum atomic E-state index is 0.251. The van der Waals surface area contributed by atoms with Crippen LogP contribution in [0.1, 0.15) is 58.8 Å². The Morgan fingerprint density at radius 3 is 2.18 bits per heavy atom. The molecule has 0 bridgehead atoms. The first-order valence-electron chi connectivity index (χ1n) is 7.03. The second-order valence-corrected chi connectivity index (χ2v) is 5.73. The molecule has 1 aliphatic carbocycles. The summed E-state index contributed by atoms with van der Waals surface area (Å²) in [6, 6.07) is 0.270. The fraction of sp³-hybridized carbons (Fsp3) is 0.929. The van der Waals surface area contributed by atoms with E-state index >= 15 is 0 Å². The maximum atomic E-state index is 12.5. The number of hydrogen-bond acceptors (Lipinski definition) is 1. The highest BCUT2D eigenvalue weighted by molar-refractivity contribution is 6.18. The number of rotatable bonds is 4. The van der Waals surface area contributed by atoms with Gasteiger partial charge in [-0.1, -0.05) is 32.1 Å². The molecule has 0 atom stereocenters. The van der Waals surface area contributed by atoms with E-state index in [-0.39, 0.29) is 12.0 Å². The quantitative estimate of drug-likeness (QED) is 0.703. The van der Waals surface area contributed by atoms with Crippen LogP contribution in [-0.4, -0.2) is 29.3 Å². The van der Waals surface area contributed by atoms with Crippen LogP contribution in [-0.2, 0) is 4.79 Å². The van der Waals surface area contributed by atoms with E-state index in [9.17, 15) is 4.79 Å². The van der Waals surface area contributed by atoms with Crippen molar-refractivity contribution in [1.29, 1.82) is 0 Å². The first-order valence-corrected chi connectivity index (χ1v) is 7.56. The summed E-state index contributed by atoms with van der Waals surface area (Å²) in [6.45, 7) is 4.84. The molecule has 0 unspecified atom stereocenters. The van der Waals surface area contributed by atoms with E-state index in [4.69, 9.17) is 11.6 Å². The van der Waals surface area contributed by atoms with E-state index in [1.54, 1.807) is 0 Å². The molecule has 100 valence electrons. The molecule has 0 saturated heterocycles. The molecule has 1 fully saturated rings. The molecular weight excluding hydrogens is 234 g/mol. The first-order chi connectivity index (χ1) is 8.16. The monoisotopic (exact) mass is 259 g/mol. The van der Waals surface area contributed by atoms with Crippen LogP contribution in [0.5, 0.6) is 0 Å². The van der Waals surface area contributed by atoms with Gasteiger partial charge in [0.25, 0.3) is 0 Å². The van der Waals surface area contributed by atoms with Gasteiger partial charge in [-0.05, 0) is 26.7 Å². The molecular formula is C14H26ClNO. The van der Waals surface area contributed by atoms with Crippen molar-refractivity contribution in [3.63, 3.8) is 0 Å². The Bertz CT molecular complexity index is 222. The van der Waals surface area contributed by atoms with Crippen LogP contribution in [0.3, 0.4) is 0 Å². The second kappa shape index (κ2) is 7.97. The lowest BCUT2D eigenvalue weighted by Crippen LogP contribution is -2.42. The summed E-state index contributed by atoms with van der Waals surface area (Å²) in [7, 11) is 0. The second-order valence-electron chi connectivity index (χ2n) is 5.36. The normalized spacial score (nSPS) is 18.8. The van der Waals surface area contributed by atoms with E-state index in [0.717, 1.165) is 12.8 Å². The van der Waals surface area contributed by atoms with Gasteiger partial charge in [-0.25, -0.2) is 0 Å². The average molecular weight is 260 g/mol. The Morgan fingerprint density at radius 1 is 1.18 bits per heavy atom. The highest BCUT2D eigenvalue weighted by Crippen LogP contribution is 2.24. The molecule has 2 nitrogen and oxygen atoms in total. The molecule has 0 radical (unpaired) electrons. The number of alkyl halides is 1. The molecule has 1 saturated carbocycles. The zero-order valence-electron chi connectivity index (χ0n) is 11.3. The smallest absolute Gasteiger partial charge is 0.225 e. The van der Waals surface area contributed by atoms with Crippen LogP contribution in [0.15, 0.2) is 0 Å². The van der Waals surface area contributed by atoms with Gasteiger partial charge in [0.05, 0.1) is 0 Å². The molecule has 0 aliphatic heterocycles. The van der Waals surface area contributed by atoms with Gasteiger partial charge in [0.2, 0.25) is 5.91 Å². The van der Waals surface area contributed by atoms with Gasteiger partial charge in [-0.2, -0.15) is 0 Å². The Balaban J connectivity index is 2.56. The van der Waals surface area contributed by atoms with E-state index in [2.05, 4.69) is 13.8 Å². The zero-order chi connectivity index (χ0) is 12.7. The molecule has 0 aromatic carbocycles. The lowest BCUT2D eigenvalue weighted by Gasteiger charge is -2.31. The number of carbonyl (C=O) groups is 1. The molecule has 1 aliphatic rings. The third-order valence-corrected chi connectivity index (χ3v) is 3.86. The summed E-state index contributed by atoms with van der Waals surface area (Å²) in [4.78, 5) is 14.4. The van der Waals surface area contributed by atoms with Crippen molar-refractivity contribution in [3.05, 3.63) is 0 Å². The number of carbonyl (C=O) groups excluding carboxylic acids is 1. The molecule has 0 aromatic rings. The summed E-state index contributed by atoms with van der Waals surface area (Å²) < 4.78 is 0. The minimum absolute atomic E-state index is 0.251. The van der Waals surface area contributed by atoms with E-state index < -0.39 is 0 Å². The fourth-order valence-corrected chi connectivity index (χ4v) is 2.83. The van der Waals surface area contributed by atoms with Crippen molar-refractivity contribution in [3.8, 4) is 0 Å². The molecule has 17 heavy (non-hydrogen) atoms. The molecule has 3 heteroatoms. The van der Waals surface area contributed by atoms with Gasteiger partial charge in [0, 0.05) is 24.4 Å². The first kappa shape index (κ1) is 14.8. The molecule has 0 N–H and O–H groups in total. The van der Waals surface area contributed by atoms with E-state index in [1.807, 2.05) is 4.90 Å². The highest BCUT2D eigenvalue weighted by Gasteiger charge is 2.25. The molecule has 1 rings (SSSR count). The van der Waals surface area contributed by atoms with Gasteiger partial charge in [0.15, 0.2) is 0 Å². The lowest BCUT2D eigenvalue weighted by molar-refractivity contribution is -0.137. The van der Waals surface area contributed by atoms with Crippen LogP contribution < -0.4 is 0 Å². The topological polar surface area (TPSA) is 20.3 Å². The van der Waals surface area contributed by atoms with Crippen LogP contribution >= 0.6 is 11.6 Å². The Kier molecular flexibility index (Phi) is 6.94. The van der Waals surface area contributed by atoms with Crippen molar-refractivity contribution < 1.29 is 4.79 Å². The molecule has 0 spiro atoms. The van der Waals surface area contributed by atoms with Crippen LogP contribution in [0.4, 0.5) is 0 Å². The van der Waals surface area contributed by atoms with Crippen molar-refractivity contribution >= 4 is 17.5 Å². The largest absolute Gasteiger partial charge is 0.339 e. The van der Waals surface area contributed by atoms with Gasteiger partial charge < -0.3 is 4.90 Å². The lowest BCUT2D eigenvalue weighted by atomic mass is 9.90. The summed E-state index contributed by atoms with van der Waals surface area (Å²) >= 11 is 5.79. The standard InChI is InChI=1S/C14H26ClNO/c1-12(2)16(11-10-15)14(17)13-8-6-4-3-5-7-9-13/h12-13H,3-11H2,1-2H3. The molecule has 1 amide bonds. The molecule has 0 heterocycles. The van der Waals surface area contributed by atoms with Gasteiger partial charge in [-0.15, -0.1) is 11.6 Å². The minimum Gasteiger partial charge on any atom is -0.339 e. The fourth-order valence-electron chi connectivity index (χ4n) is 2.65. The highest BCUT2D eigenvalue weighted by atomic mass is 35.5. The third kappa shape index (κ3) is 4.87. The summed E-state index contributed by atoms with van der Waals surface area (Å²) in [6.07, 6.45) is 8.50. The molecule has 0 aromatic heterocycles. The number of halogens is 1. The Hall–Kier alpha value is -0.240.